The van der Waals surface area contributed by atoms with E-state index in [1.807, 2.05) is 12.3 Å². The molecule has 2 heterocycles. The van der Waals surface area contributed by atoms with Gasteiger partial charge in [-0.15, -0.1) is 0 Å². The van der Waals surface area contributed by atoms with E-state index in [0.29, 0.717) is 0 Å². The molecule has 59 heavy (non-hydrogen) atoms. The summed E-state index contributed by atoms with van der Waals surface area (Å²) >= 11 is 0. The Balaban J connectivity index is 1.13. The number of aromatic nitrogens is 1. The van der Waals surface area contributed by atoms with Crippen LogP contribution in [0, 0.1) is 0 Å². The van der Waals surface area contributed by atoms with Gasteiger partial charge in [0.25, 0.3) is 0 Å². The van der Waals surface area contributed by atoms with Crippen LogP contribution in [0.15, 0.2) is 225 Å². The van der Waals surface area contributed by atoms with Crippen molar-refractivity contribution in [3.63, 3.8) is 0 Å². The Morgan fingerprint density at radius 1 is 0.373 bits per heavy atom. The number of rotatable bonds is 8. The number of pyridine rings is 1. The lowest BCUT2D eigenvalue weighted by Crippen LogP contribution is -2.31. The van der Waals surface area contributed by atoms with Crippen molar-refractivity contribution in [3.05, 3.63) is 236 Å². The normalized spacial score (nSPS) is 12.7. The van der Waals surface area contributed by atoms with Crippen molar-refractivity contribution in [1.29, 1.82) is 0 Å². The van der Waals surface area contributed by atoms with Crippen LogP contribution in [0.3, 0.4) is 0 Å². The largest absolute Gasteiger partial charge is 0.310 e. The Morgan fingerprint density at radius 2 is 0.780 bits per heavy atom. The van der Waals surface area contributed by atoms with E-state index in [2.05, 4.69) is 236 Å². The third kappa shape index (κ3) is 6.77. The zero-order chi connectivity index (χ0) is 39.8. The van der Waals surface area contributed by atoms with Gasteiger partial charge < -0.3 is 9.80 Å². The van der Waals surface area contributed by atoms with Crippen molar-refractivity contribution in [1.82, 2.24) is 4.98 Å². The number of hydrogen-bond donors (Lipinski definition) is 0. The maximum atomic E-state index is 5.00. The fraction of sp³-hybridized carbons (Fsp3) is 0.0536. The first-order valence-electron chi connectivity index (χ1n) is 20.3. The SMILES string of the molecule is CC1(C)c2cc(-c3ccccc3)ccc2N(c2ccc(-c3ccccc3)nc2)c2ccc(N(c3ccc(-c4ccccc4)cc3)c3ccc(-c4ccccc4)cc3)cc21. The highest BCUT2D eigenvalue weighted by atomic mass is 15.2. The third-order valence-corrected chi connectivity index (χ3v) is 11.7. The van der Waals surface area contributed by atoms with Crippen LogP contribution in [-0.4, -0.2) is 4.98 Å². The maximum Gasteiger partial charge on any atom is 0.0703 e. The van der Waals surface area contributed by atoms with Crippen molar-refractivity contribution < 1.29 is 0 Å². The van der Waals surface area contributed by atoms with Gasteiger partial charge >= 0.3 is 0 Å². The number of nitrogens with zero attached hydrogens (tertiary/aromatic N) is 3. The second-order valence-electron chi connectivity index (χ2n) is 15.7. The van der Waals surface area contributed by atoms with Crippen LogP contribution in [0.5, 0.6) is 0 Å². The van der Waals surface area contributed by atoms with E-state index in [4.69, 9.17) is 4.98 Å². The first-order chi connectivity index (χ1) is 29.0. The molecule has 9 aromatic rings. The summed E-state index contributed by atoms with van der Waals surface area (Å²) in [5.74, 6) is 0. The van der Waals surface area contributed by atoms with E-state index in [9.17, 15) is 0 Å². The number of hydrogen-bond acceptors (Lipinski definition) is 3. The lowest BCUT2D eigenvalue weighted by molar-refractivity contribution is 0.632. The lowest BCUT2D eigenvalue weighted by Gasteiger charge is -2.43. The van der Waals surface area contributed by atoms with Gasteiger partial charge in [0, 0.05) is 28.0 Å². The zero-order valence-electron chi connectivity index (χ0n) is 33.2. The molecular formula is C56H43N3. The van der Waals surface area contributed by atoms with Gasteiger partial charge in [-0.1, -0.05) is 166 Å². The summed E-state index contributed by atoms with van der Waals surface area (Å²) in [6.07, 6.45) is 2.02. The fourth-order valence-electron chi connectivity index (χ4n) is 8.57. The summed E-state index contributed by atoms with van der Waals surface area (Å²) in [5, 5.41) is 0. The van der Waals surface area contributed by atoms with Gasteiger partial charge in [0.05, 0.1) is 29.0 Å². The quantitative estimate of drug-likeness (QED) is 0.154. The molecule has 0 saturated heterocycles. The van der Waals surface area contributed by atoms with Gasteiger partial charge in [-0.05, 0) is 111 Å². The number of anilines is 6. The first kappa shape index (κ1) is 35.9. The van der Waals surface area contributed by atoms with Gasteiger partial charge in [-0.25, -0.2) is 0 Å². The highest BCUT2D eigenvalue weighted by molar-refractivity contribution is 5.90. The molecule has 0 bridgehead atoms. The van der Waals surface area contributed by atoms with Crippen molar-refractivity contribution in [3.8, 4) is 44.6 Å². The maximum absolute atomic E-state index is 5.00. The Kier molecular flexibility index (Phi) is 9.19. The van der Waals surface area contributed by atoms with Crippen molar-refractivity contribution in [2.45, 2.75) is 19.3 Å². The minimum Gasteiger partial charge on any atom is -0.310 e. The van der Waals surface area contributed by atoms with Gasteiger partial charge in [0.1, 0.15) is 0 Å². The molecule has 1 aromatic heterocycles. The predicted octanol–water partition coefficient (Wildman–Crippen LogP) is 15.3. The molecule has 0 spiro atoms. The first-order valence-corrected chi connectivity index (χ1v) is 20.3. The lowest BCUT2D eigenvalue weighted by atomic mass is 9.72. The van der Waals surface area contributed by atoms with Crippen LogP contribution < -0.4 is 9.80 Å². The molecule has 0 atom stereocenters. The third-order valence-electron chi connectivity index (χ3n) is 11.7. The topological polar surface area (TPSA) is 19.4 Å². The average molecular weight is 758 g/mol. The molecule has 0 fully saturated rings. The summed E-state index contributed by atoms with van der Waals surface area (Å²) in [6, 6.07) is 78.4. The molecular weight excluding hydrogens is 715 g/mol. The second-order valence-corrected chi connectivity index (χ2v) is 15.7. The second kappa shape index (κ2) is 15.1. The van der Waals surface area contributed by atoms with Crippen LogP contribution in [0.2, 0.25) is 0 Å². The minimum atomic E-state index is -0.334. The highest BCUT2D eigenvalue weighted by Crippen LogP contribution is 2.54. The summed E-state index contributed by atoms with van der Waals surface area (Å²) in [7, 11) is 0. The highest BCUT2D eigenvalue weighted by Gasteiger charge is 2.38. The molecule has 0 aliphatic carbocycles. The summed E-state index contributed by atoms with van der Waals surface area (Å²) in [6.45, 7) is 4.73. The Morgan fingerprint density at radius 3 is 1.27 bits per heavy atom. The van der Waals surface area contributed by atoms with Crippen molar-refractivity contribution >= 4 is 34.1 Å². The van der Waals surface area contributed by atoms with Gasteiger partial charge in [0.2, 0.25) is 0 Å². The molecule has 0 radical (unpaired) electrons. The van der Waals surface area contributed by atoms with Crippen LogP contribution >= 0.6 is 0 Å². The molecule has 282 valence electrons. The molecule has 1 aliphatic rings. The summed E-state index contributed by atoms with van der Waals surface area (Å²) in [4.78, 5) is 9.78. The smallest absolute Gasteiger partial charge is 0.0703 e. The average Bonchev–Trinajstić information content (AvgIpc) is 3.31. The van der Waals surface area contributed by atoms with Crippen molar-refractivity contribution in [2.75, 3.05) is 9.80 Å². The van der Waals surface area contributed by atoms with E-state index in [1.54, 1.807) is 0 Å². The molecule has 1 aliphatic heterocycles. The van der Waals surface area contributed by atoms with E-state index in [0.717, 1.165) is 45.4 Å². The number of benzene rings is 8. The zero-order valence-corrected chi connectivity index (χ0v) is 33.2. The monoisotopic (exact) mass is 757 g/mol. The molecule has 3 nitrogen and oxygen atoms in total. The predicted molar refractivity (Wildman–Crippen MR) is 247 cm³/mol. The minimum absolute atomic E-state index is 0.334. The number of fused-ring (bicyclic) bond motifs is 2. The van der Waals surface area contributed by atoms with Crippen LogP contribution in [0.4, 0.5) is 34.1 Å². The molecule has 8 aromatic carbocycles. The van der Waals surface area contributed by atoms with Crippen LogP contribution in [-0.2, 0) is 5.41 Å². The molecule has 10 rings (SSSR count). The summed E-state index contributed by atoms with van der Waals surface area (Å²) in [5.41, 5.74) is 18.0. The van der Waals surface area contributed by atoms with Crippen LogP contribution in [0.1, 0.15) is 25.0 Å². The van der Waals surface area contributed by atoms with E-state index < -0.39 is 0 Å². The fourth-order valence-corrected chi connectivity index (χ4v) is 8.57. The molecule has 0 unspecified atom stereocenters. The summed E-state index contributed by atoms with van der Waals surface area (Å²) < 4.78 is 0. The molecule has 0 amide bonds. The Labute approximate surface area is 347 Å². The Bertz CT molecular complexity index is 2770. The Hall–Kier alpha value is -7.49. The molecule has 0 N–H and O–H groups in total. The molecule has 3 heteroatoms. The van der Waals surface area contributed by atoms with E-state index >= 15 is 0 Å². The van der Waals surface area contributed by atoms with Gasteiger partial charge in [0.15, 0.2) is 0 Å². The van der Waals surface area contributed by atoms with Crippen molar-refractivity contribution in [2.24, 2.45) is 0 Å². The molecule has 0 saturated carbocycles. The van der Waals surface area contributed by atoms with Gasteiger partial charge in [-0.3, -0.25) is 4.98 Å². The van der Waals surface area contributed by atoms with E-state index in [1.165, 1.54) is 44.5 Å². The van der Waals surface area contributed by atoms with Gasteiger partial charge in [-0.2, -0.15) is 0 Å². The van der Waals surface area contributed by atoms with E-state index in [-0.39, 0.29) is 5.41 Å². The standard InChI is InChI=1S/C56H43N3/c1-56(2)51-37-46(42-19-11-5-12-20-42)27-35-54(51)59(50-32-34-53(57-39-50)45-21-13-6-14-22-45)55-36-33-49(38-52(55)56)58(47-28-23-43(24-29-47)40-15-7-3-8-16-40)48-30-25-44(26-31-48)41-17-9-4-10-18-41/h3-39H,1-2H3. The van der Waals surface area contributed by atoms with Crippen LogP contribution in [0.25, 0.3) is 44.6 Å².